The average Bonchev–Trinajstić information content (AvgIpc) is 3.15. The molecule has 0 bridgehead atoms. The van der Waals surface area contributed by atoms with Crippen LogP contribution in [0, 0.1) is 0 Å². The summed E-state index contributed by atoms with van der Waals surface area (Å²) in [5, 5.41) is 3.73. The van der Waals surface area contributed by atoms with Crippen LogP contribution in [0.1, 0.15) is 6.42 Å². The van der Waals surface area contributed by atoms with Gasteiger partial charge in [-0.1, -0.05) is 23.2 Å². The number of ether oxygens (including phenoxy) is 1. The Labute approximate surface area is 184 Å². The SMILES string of the molecule is COc1ccc(Cl)cc1NCCC(=O)N1CCN(S(=O)(=O)c2ccc(Cl)s2)CC1. The number of sulfonamides is 1. The first-order chi connectivity index (χ1) is 13.8. The van der Waals surface area contributed by atoms with Gasteiger partial charge in [-0.3, -0.25) is 4.79 Å². The van der Waals surface area contributed by atoms with Crippen molar-refractivity contribution in [3.63, 3.8) is 0 Å². The highest BCUT2D eigenvalue weighted by atomic mass is 35.5. The lowest BCUT2D eigenvalue weighted by molar-refractivity contribution is -0.132. The Morgan fingerprint density at radius 1 is 1.17 bits per heavy atom. The molecule has 3 rings (SSSR count). The monoisotopic (exact) mass is 477 g/mol. The fourth-order valence-corrected chi connectivity index (χ4v) is 6.25. The van der Waals surface area contributed by atoms with E-state index in [9.17, 15) is 13.2 Å². The maximum atomic E-state index is 12.6. The number of nitrogens with zero attached hydrogens (tertiary/aromatic N) is 2. The molecule has 0 aliphatic carbocycles. The molecule has 0 spiro atoms. The van der Waals surface area contributed by atoms with Gasteiger partial charge in [0.15, 0.2) is 0 Å². The molecule has 11 heteroatoms. The van der Waals surface area contributed by atoms with Crippen LogP contribution in [0.3, 0.4) is 0 Å². The highest BCUT2D eigenvalue weighted by Gasteiger charge is 2.30. The van der Waals surface area contributed by atoms with Crippen molar-refractivity contribution in [3.05, 3.63) is 39.7 Å². The van der Waals surface area contributed by atoms with E-state index in [2.05, 4.69) is 5.32 Å². The number of carbonyl (C=O) groups excluding carboxylic acids is 1. The molecule has 1 aliphatic rings. The maximum absolute atomic E-state index is 12.6. The lowest BCUT2D eigenvalue weighted by atomic mass is 10.2. The van der Waals surface area contributed by atoms with E-state index in [-0.39, 0.29) is 29.6 Å². The van der Waals surface area contributed by atoms with E-state index in [1.807, 2.05) is 0 Å². The van der Waals surface area contributed by atoms with Crippen molar-refractivity contribution in [3.8, 4) is 5.75 Å². The average molecular weight is 478 g/mol. The Hall–Kier alpha value is -1.52. The van der Waals surface area contributed by atoms with Crippen molar-refractivity contribution in [1.29, 1.82) is 0 Å². The second kappa shape index (κ2) is 9.53. The molecular formula is C18H21Cl2N3O4S2. The number of methoxy groups -OCH3 is 1. The molecular weight excluding hydrogens is 457 g/mol. The van der Waals surface area contributed by atoms with Gasteiger partial charge < -0.3 is 15.0 Å². The molecule has 0 atom stereocenters. The van der Waals surface area contributed by atoms with Crippen LogP contribution < -0.4 is 10.1 Å². The minimum absolute atomic E-state index is 0.0327. The smallest absolute Gasteiger partial charge is 0.252 e. The number of benzene rings is 1. The number of amides is 1. The zero-order valence-electron chi connectivity index (χ0n) is 15.7. The van der Waals surface area contributed by atoms with E-state index >= 15 is 0 Å². The van der Waals surface area contributed by atoms with Gasteiger partial charge in [0.25, 0.3) is 10.0 Å². The number of carbonyl (C=O) groups is 1. The van der Waals surface area contributed by atoms with Crippen molar-refractivity contribution in [2.45, 2.75) is 10.6 Å². The van der Waals surface area contributed by atoms with Crippen molar-refractivity contribution < 1.29 is 17.9 Å². The van der Waals surface area contributed by atoms with Gasteiger partial charge in [-0.05, 0) is 30.3 Å². The van der Waals surface area contributed by atoms with E-state index < -0.39 is 10.0 Å². The standard InChI is InChI=1S/C18H21Cl2N3O4S2/c1-27-15-3-2-13(19)12-14(15)21-7-6-17(24)22-8-10-23(11-9-22)29(25,26)18-5-4-16(20)28-18/h2-5,12,21H,6-11H2,1H3. The number of rotatable bonds is 7. The van der Waals surface area contributed by atoms with Crippen LogP contribution in [0.25, 0.3) is 0 Å². The highest BCUT2D eigenvalue weighted by molar-refractivity contribution is 7.91. The fourth-order valence-electron chi connectivity index (χ4n) is 3.02. The van der Waals surface area contributed by atoms with Gasteiger partial charge in [0.1, 0.15) is 9.96 Å². The largest absolute Gasteiger partial charge is 0.495 e. The molecule has 29 heavy (non-hydrogen) atoms. The summed E-state index contributed by atoms with van der Waals surface area (Å²) in [6.07, 6.45) is 0.281. The van der Waals surface area contributed by atoms with Crippen molar-refractivity contribution in [1.82, 2.24) is 9.21 Å². The molecule has 1 aromatic carbocycles. The first kappa shape index (κ1) is 22.2. The van der Waals surface area contributed by atoms with Crippen LogP contribution in [-0.4, -0.2) is 63.4 Å². The number of piperazine rings is 1. The minimum Gasteiger partial charge on any atom is -0.495 e. The van der Waals surface area contributed by atoms with Gasteiger partial charge in [-0.15, -0.1) is 11.3 Å². The first-order valence-corrected chi connectivity index (χ1v) is 11.9. The molecule has 0 unspecified atom stereocenters. The Morgan fingerprint density at radius 3 is 2.52 bits per heavy atom. The van der Waals surface area contributed by atoms with Gasteiger partial charge in [0.2, 0.25) is 5.91 Å². The lowest BCUT2D eigenvalue weighted by Crippen LogP contribution is -2.50. The second-order valence-corrected chi connectivity index (χ2v) is 10.7. The molecule has 158 valence electrons. The van der Waals surface area contributed by atoms with Gasteiger partial charge >= 0.3 is 0 Å². The third-order valence-electron chi connectivity index (χ3n) is 4.55. The zero-order chi connectivity index (χ0) is 21.0. The zero-order valence-corrected chi connectivity index (χ0v) is 18.9. The van der Waals surface area contributed by atoms with Crippen LogP contribution in [-0.2, 0) is 14.8 Å². The molecule has 2 heterocycles. The Morgan fingerprint density at radius 2 is 1.90 bits per heavy atom. The Kier molecular flexibility index (Phi) is 7.28. The maximum Gasteiger partial charge on any atom is 0.252 e. The normalized spacial score (nSPS) is 15.3. The highest BCUT2D eigenvalue weighted by Crippen LogP contribution is 2.29. The third kappa shape index (κ3) is 5.35. The number of anilines is 1. The number of hydrogen-bond acceptors (Lipinski definition) is 6. The predicted octanol–water partition coefficient (Wildman–Crippen LogP) is 3.40. The van der Waals surface area contributed by atoms with Gasteiger partial charge in [0, 0.05) is 44.2 Å². The number of nitrogens with one attached hydrogen (secondary N) is 1. The summed E-state index contributed by atoms with van der Waals surface area (Å²) in [6.45, 7) is 1.66. The molecule has 2 aromatic rings. The van der Waals surface area contributed by atoms with Crippen molar-refractivity contribution in [2.75, 3.05) is 45.2 Å². The Balaban J connectivity index is 1.50. The number of thiophene rings is 1. The van der Waals surface area contributed by atoms with E-state index in [0.717, 1.165) is 17.0 Å². The summed E-state index contributed by atoms with van der Waals surface area (Å²) in [4.78, 5) is 14.2. The quantitative estimate of drug-likeness (QED) is 0.660. The summed E-state index contributed by atoms with van der Waals surface area (Å²) in [6, 6.07) is 8.31. The topological polar surface area (TPSA) is 79.0 Å². The van der Waals surface area contributed by atoms with Crippen LogP contribution in [0.4, 0.5) is 5.69 Å². The molecule has 1 amide bonds. The Bertz CT molecular complexity index is 973. The van der Waals surface area contributed by atoms with Crippen LogP contribution in [0.15, 0.2) is 34.5 Å². The molecule has 1 saturated heterocycles. The number of halogens is 2. The first-order valence-electron chi connectivity index (χ1n) is 8.92. The van der Waals surface area contributed by atoms with Crippen LogP contribution >= 0.6 is 34.5 Å². The summed E-state index contributed by atoms with van der Waals surface area (Å²) < 4.78 is 32.6. The van der Waals surface area contributed by atoms with Crippen LogP contribution in [0.5, 0.6) is 5.75 Å². The minimum atomic E-state index is -3.56. The molecule has 0 saturated carbocycles. The predicted molar refractivity (Wildman–Crippen MR) is 116 cm³/mol. The van der Waals surface area contributed by atoms with E-state index in [4.69, 9.17) is 27.9 Å². The van der Waals surface area contributed by atoms with Crippen LogP contribution in [0.2, 0.25) is 9.36 Å². The molecule has 1 aromatic heterocycles. The summed E-state index contributed by atoms with van der Waals surface area (Å²) in [5.74, 6) is 0.615. The molecule has 1 fully saturated rings. The molecule has 7 nitrogen and oxygen atoms in total. The van der Waals surface area contributed by atoms with E-state index in [0.29, 0.717) is 34.7 Å². The van der Waals surface area contributed by atoms with E-state index in [1.54, 1.807) is 36.3 Å². The summed E-state index contributed by atoms with van der Waals surface area (Å²) in [7, 11) is -2.00. The van der Waals surface area contributed by atoms with Crippen molar-refractivity contribution in [2.24, 2.45) is 0 Å². The van der Waals surface area contributed by atoms with Crippen molar-refractivity contribution >= 4 is 56.2 Å². The van der Waals surface area contributed by atoms with Gasteiger partial charge in [0.05, 0.1) is 17.1 Å². The van der Waals surface area contributed by atoms with Gasteiger partial charge in [-0.25, -0.2) is 8.42 Å². The molecule has 1 aliphatic heterocycles. The second-order valence-electron chi connectivity index (χ2n) is 6.36. The third-order valence-corrected chi connectivity index (χ3v) is 8.38. The summed E-state index contributed by atoms with van der Waals surface area (Å²) >= 11 is 12.9. The fraction of sp³-hybridized carbons (Fsp3) is 0.389. The lowest BCUT2D eigenvalue weighted by Gasteiger charge is -2.33. The molecule has 1 N–H and O–H groups in total. The van der Waals surface area contributed by atoms with Gasteiger partial charge in [-0.2, -0.15) is 4.31 Å². The number of hydrogen-bond donors (Lipinski definition) is 1. The van der Waals surface area contributed by atoms with E-state index in [1.165, 1.54) is 10.4 Å². The molecule has 0 radical (unpaired) electrons. The summed E-state index contributed by atoms with van der Waals surface area (Å²) in [5.41, 5.74) is 0.721.